The SMILES string of the molecule is N/C(=N/N=C\c1ccc([N+](=O)[O-])s1)N/N=C\c1ccc([N+](=O)[O-])s1. The van der Waals surface area contributed by atoms with Gasteiger partial charge in [0.1, 0.15) is 0 Å². The molecular formula is C11H9N7O4S2. The molecule has 2 aromatic heterocycles. The molecule has 0 fully saturated rings. The second kappa shape index (κ2) is 7.89. The smallest absolute Gasteiger partial charge is 0.324 e. The fraction of sp³-hybridized carbons (Fsp3) is 0. The molecule has 13 heteroatoms. The number of guanidine groups is 1. The number of nitrogens with two attached hydrogens (primary N) is 1. The fourth-order valence-corrected chi connectivity index (χ4v) is 2.73. The van der Waals surface area contributed by atoms with Crippen LogP contribution in [0.1, 0.15) is 9.75 Å². The molecule has 0 bridgehead atoms. The molecule has 0 spiro atoms. The standard InChI is InChI=1S/C11H9N7O4S2/c12-11(15-13-5-7-1-3-9(23-7)17(19)20)16-14-6-8-2-4-10(24-8)18(21)22/h1-6H,(H3,12,15,16)/b13-5-,14-6-. The Labute approximate surface area is 142 Å². The first-order chi connectivity index (χ1) is 11.5. The van der Waals surface area contributed by atoms with Crippen molar-refractivity contribution in [2.75, 3.05) is 0 Å². The second-order valence-electron chi connectivity index (χ2n) is 3.97. The lowest BCUT2D eigenvalue weighted by Crippen LogP contribution is -2.26. The van der Waals surface area contributed by atoms with E-state index in [2.05, 4.69) is 20.7 Å². The number of hydrogen-bond acceptors (Lipinski definition) is 9. The highest BCUT2D eigenvalue weighted by atomic mass is 32.1. The minimum absolute atomic E-state index is 0.00108. The van der Waals surface area contributed by atoms with E-state index >= 15 is 0 Å². The lowest BCUT2D eigenvalue weighted by atomic mass is 10.5. The molecule has 124 valence electrons. The van der Waals surface area contributed by atoms with E-state index in [4.69, 9.17) is 5.73 Å². The van der Waals surface area contributed by atoms with Crippen molar-refractivity contribution in [3.05, 3.63) is 54.2 Å². The van der Waals surface area contributed by atoms with Gasteiger partial charge in [0.05, 0.1) is 32.0 Å². The first-order valence-corrected chi connectivity index (χ1v) is 7.73. The summed E-state index contributed by atoms with van der Waals surface area (Å²) in [6, 6.07) is 5.81. The maximum atomic E-state index is 10.5. The van der Waals surface area contributed by atoms with E-state index in [1.807, 2.05) is 0 Å². The van der Waals surface area contributed by atoms with Crippen molar-refractivity contribution in [3.8, 4) is 0 Å². The number of nitro groups is 2. The first-order valence-electron chi connectivity index (χ1n) is 6.10. The van der Waals surface area contributed by atoms with Crippen LogP contribution >= 0.6 is 22.7 Å². The molecule has 2 aromatic rings. The van der Waals surface area contributed by atoms with E-state index < -0.39 is 9.85 Å². The molecule has 0 aliphatic rings. The summed E-state index contributed by atoms with van der Waals surface area (Å²) in [4.78, 5) is 21.2. The minimum atomic E-state index is -0.495. The molecule has 0 atom stereocenters. The van der Waals surface area contributed by atoms with Crippen molar-refractivity contribution < 1.29 is 9.85 Å². The Bertz CT molecular complexity index is 839. The summed E-state index contributed by atoms with van der Waals surface area (Å²) in [5, 5.41) is 32.1. The Morgan fingerprint density at radius 1 is 1.04 bits per heavy atom. The Balaban J connectivity index is 1.88. The van der Waals surface area contributed by atoms with Crippen LogP contribution in [-0.2, 0) is 0 Å². The Morgan fingerprint density at radius 3 is 2.08 bits per heavy atom. The average molecular weight is 367 g/mol. The number of nitrogens with zero attached hydrogens (tertiary/aromatic N) is 5. The van der Waals surface area contributed by atoms with E-state index in [1.165, 1.54) is 30.6 Å². The van der Waals surface area contributed by atoms with Gasteiger partial charge in [-0.2, -0.15) is 10.2 Å². The van der Waals surface area contributed by atoms with Gasteiger partial charge in [-0.25, -0.2) is 5.43 Å². The van der Waals surface area contributed by atoms with E-state index in [1.54, 1.807) is 6.07 Å². The fourth-order valence-electron chi connectivity index (χ4n) is 1.35. The third-order valence-electron chi connectivity index (χ3n) is 2.31. The molecule has 0 radical (unpaired) electrons. The van der Waals surface area contributed by atoms with Gasteiger partial charge in [0.2, 0.25) is 5.96 Å². The van der Waals surface area contributed by atoms with Gasteiger partial charge < -0.3 is 5.73 Å². The van der Waals surface area contributed by atoms with E-state index in [0.717, 1.165) is 22.7 Å². The zero-order valence-corrected chi connectivity index (χ0v) is 13.4. The normalized spacial score (nSPS) is 12.1. The topological polar surface area (TPSA) is 161 Å². The Morgan fingerprint density at radius 2 is 1.58 bits per heavy atom. The molecule has 0 aliphatic heterocycles. The van der Waals surface area contributed by atoms with Crippen molar-refractivity contribution in [3.63, 3.8) is 0 Å². The van der Waals surface area contributed by atoms with Crippen LogP contribution in [0.25, 0.3) is 0 Å². The zero-order chi connectivity index (χ0) is 17.5. The zero-order valence-electron chi connectivity index (χ0n) is 11.7. The van der Waals surface area contributed by atoms with Crippen molar-refractivity contribution in [2.45, 2.75) is 0 Å². The van der Waals surface area contributed by atoms with Crippen molar-refractivity contribution in [1.82, 2.24) is 5.43 Å². The number of thiophene rings is 2. The molecule has 0 saturated carbocycles. The Kier molecular flexibility index (Phi) is 5.64. The second-order valence-corrected chi connectivity index (χ2v) is 6.15. The van der Waals surface area contributed by atoms with Crippen LogP contribution in [0.3, 0.4) is 0 Å². The highest BCUT2D eigenvalue weighted by Crippen LogP contribution is 2.23. The lowest BCUT2D eigenvalue weighted by Gasteiger charge is -1.94. The van der Waals surface area contributed by atoms with Gasteiger partial charge in [0.15, 0.2) is 0 Å². The van der Waals surface area contributed by atoms with Crippen molar-refractivity contribution in [2.24, 2.45) is 21.0 Å². The van der Waals surface area contributed by atoms with Gasteiger partial charge >= 0.3 is 10.0 Å². The lowest BCUT2D eigenvalue weighted by molar-refractivity contribution is -0.380. The highest BCUT2D eigenvalue weighted by Gasteiger charge is 2.08. The van der Waals surface area contributed by atoms with E-state index in [0.29, 0.717) is 9.75 Å². The summed E-state index contributed by atoms with van der Waals surface area (Å²) in [6.07, 6.45) is 2.67. The molecule has 0 saturated heterocycles. The predicted molar refractivity (Wildman–Crippen MR) is 91.9 cm³/mol. The molecule has 2 rings (SSSR count). The highest BCUT2D eigenvalue weighted by molar-refractivity contribution is 7.17. The van der Waals surface area contributed by atoms with E-state index in [9.17, 15) is 20.2 Å². The van der Waals surface area contributed by atoms with Crippen LogP contribution in [0, 0.1) is 20.2 Å². The first kappa shape index (κ1) is 17.2. The largest absolute Gasteiger partial charge is 0.367 e. The maximum Gasteiger partial charge on any atom is 0.324 e. The number of rotatable bonds is 6. The van der Waals surface area contributed by atoms with E-state index in [-0.39, 0.29) is 16.0 Å². The van der Waals surface area contributed by atoms with Gasteiger partial charge in [-0.3, -0.25) is 20.2 Å². The molecule has 0 unspecified atom stereocenters. The predicted octanol–water partition coefficient (Wildman–Crippen LogP) is 1.90. The van der Waals surface area contributed by atoms with Crippen LogP contribution in [0.15, 0.2) is 39.6 Å². The monoisotopic (exact) mass is 367 g/mol. The molecular weight excluding hydrogens is 358 g/mol. The number of nitrogens with one attached hydrogen (secondary N) is 1. The van der Waals surface area contributed by atoms with Crippen LogP contribution < -0.4 is 11.2 Å². The Hall–Kier alpha value is -3.19. The molecule has 0 aliphatic carbocycles. The maximum absolute atomic E-state index is 10.5. The summed E-state index contributed by atoms with van der Waals surface area (Å²) in [5.74, 6) is -0.111. The molecule has 0 amide bonds. The quantitative estimate of drug-likeness (QED) is 0.343. The van der Waals surface area contributed by atoms with Crippen molar-refractivity contribution >= 4 is 51.1 Å². The van der Waals surface area contributed by atoms with Crippen LogP contribution in [0.2, 0.25) is 0 Å². The van der Waals surface area contributed by atoms with Gasteiger partial charge in [0, 0.05) is 12.1 Å². The van der Waals surface area contributed by atoms with Gasteiger partial charge in [-0.15, -0.1) is 5.10 Å². The summed E-state index contributed by atoms with van der Waals surface area (Å²) < 4.78 is 0. The third-order valence-corrected chi connectivity index (χ3v) is 4.25. The number of hydrogen-bond donors (Lipinski definition) is 2. The summed E-state index contributed by atoms with van der Waals surface area (Å²) >= 11 is 1.91. The molecule has 2 heterocycles. The van der Waals surface area contributed by atoms with Crippen LogP contribution in [-0.4, -0.2) is 28.2 Å². The molecule has 3 N–H and O–H groups in total. The molecule has 24 heavy (non-hydrogen) atoms. The van der Waals surface area contributed by atoms with Gasteiger partial charge in [0.25, 0.3) is 0 Å². The average Bonchev–Trinajstić information content (AvgIpc) is 3.16. The summed E-state index contributed by atoms with van der Waals surface area (Å²) in [7, 11) is 0. The molecule has 0 aromatic carbocycles. The van der Waals surface area contributed by atoms with Crippen LogP contribution in [0.4, 0.5) is 10.0 Å². The van der Waals surface area contributed by atoms with Gasteiger partial charge in [-0.05, 0) is 12.1 Å². The van der Waals surface area contributed by atoms with Crippen LogP contribution in [0.5, 0.6) is 0 Å². The van der Waals surface area contributed by atoms with Crippen molar-refractivity contribution in [1.29, 1.82) is 0 Å². The van der Waals surface area contributed by atoms with Gasteiger partial charge in [-0.1, -0.05) is 22.7 Å². The minimum Gasteiger partial charge on any atom is -0.367 e. The third kappa shape index (κ3) is 4.92. The summed E-state index contributed by atoms with van der Waals surface area (Å²) in [6.45, 7) is 0. The molecule has 11 nitrogen and oxygen atoms in total. The number of hydrazone groups is 1. The summed E-state index contributed by atoms with van der Waals surface area (Å²) in [5.41, 5.74) is 7.91.